The van der Waals surface area contributed by atoms with Crippen LogP contribution < -0.4 is 11.4 Å². The van der Waals surface area contributed by atoms with Crippen LogP contribution in [0.5, 0.6) is 0 Å². The fourth-order valence-corrected chi connectivity index (χ4v) is 11.4. The van der Waals surface area contributed by atoms with Crippen molar-refractivity contribution in [2.75, 3.05) is 19.8 Å². The maximum Gasteiger partial charge on any atom is 0.438 e. The van der Waals surface area contributed by atoms with Gasteiger partial charge in [0.05, 0.1) is 58.0 Å². The third kappa shape index (κ3) is 5.65. The van der Waals surface area contributed by atoms with Crippen molar-refractivity contribution in [2.24, 2.45) is 5.92 Å². The summed E-state index contributed by atoms with van der Waals surface area (Å²) in [6.45, 7) is 5.59. The van der Waals surface area contributed by atoms with Crippen LogP contribution in [0.3, 0.4) is 0 Å². The number of benzene rings is 2. The summed E-state index contributed by atoms with van der Waals surface area (Å²) in [7, 11) is 0. The van der Waals surface area contributed by atoms with Gasteiger partial charge in [-0.15, -0.1) is 0 Å². The van der Waals surface area contributed by atoms with Gasteiger partial charge in [-0.25, -0.2) is 23.1 Å². The van der Waals surface area contributed by atoms with Crippen LogP contribution in [0.1, 0.15) is 115 Å². The van der Waals surface area contributed by atoms with Gasteiger partial charge < -0.3 is 14.2 Å². The number of rotatable bonds is 8. The number of aromatic amines is 1. The van der Waals surface area contributed by atoms with Gasteiger partial charge in [0.1, 0.15) is 22.9 Å². The van der Waals surface area contributed by atoms with Crippen molar-refractivity contribution >= 4 is 27.7 Å². The standard InChI is InChI=1S/C48H45F2N11O5/c1-25-22-48(25,45-53-46(63)66-55-45)59-39(21-28-20-35(51-24-40(28)59)27-13-18-65-19-14-27)44(62)56-15-12-34-41(26(56)2)43(61(54-34)36-9-8-33(49)30-4-3-5-31(30)36)58-17-16-57(47(58)64)38-11-10-37-32(42(38)50)23-52-60(37)29-6-7-29/h8-11,16-17,20-21,23-27,29H,3-7,12-15,18-19,22H2,1-2H3,(H,53,55,63)/t25-,26-,48-/m0/s1. The van der Waals surface area contributed by atoms with Gasteiger partial charge in [-0.05, 0) is 112 Å². The quantitative estimate of drug-likeness (QED) is 0.174. The van der Waals surface area contributed by atoms with Gasteiger partial charge >= 0.3 is 11.4 Å². The third-order valence-corrected chi connectivity index (χ3v) is 15.1. The zero-order valence-corrected chi connectivity index (χ0v) is 36.3. The molecule has 0 spiro atoms. The maximum atomic E-state index is 16.4. The third-order valence-electron chi connectivity index (χ3n) is 15.1. The molecule has 6 aromatic heterocycles. The minimum Gasteiger partial charge on any atom is -0.381 e. The normalized spacial score (nSPS) is 21.8. The zero-order valence-electron chi connectivity index (χ0n) is 36.3. The number of carbonyl (C=O) groups excluding carboxylic acids is 1. The summed E-state index contributed by atoms with van der Waals surface area (Å²) < 4.78 is 50.7. The Morgan fingerprint density at radius 2 is 1.70 bits per heavy atom. The summed E-state index contributed by atoms with van der Waals surface area (Å²) >= 11 is 0. The van der Waals surface area contributed by atoms with Gasteiger partial charge in [-0.2, -0.15) is 10.2 Å². The Balaban J connectivity index is 0.957. The number of nitrogens with one attached hydrogen (secondary N) is 1. The average Bonchev–Trinajstić information content (AvgIpc) is 3.74. The van der Waals surface area contributed by atoms with E-state index in [4.69, 9.17) is 19.3 Å². The molecule has 2 aliphatic heterocycles. The summed E-state index contributed by atoms with van der Waals surface area (Å²) in [6, 6.07) is 10.1. The molecule has 0 unspecified atom stereocenters. The topological polar surface area (TPSA) is 169 Å². The van der Waals surface area contributed by atoms with Crippen LogP contribution in [0.25, 0.3) is 39.0 Å². The molecule has 3 fully saturated rings. The largest absolute Gasteiger partial charge is 0.438 e. The lowest BCUT2D eigenvalue weighted by Gasteiger charge is -2.34. The van der Waals surface area contributed by atoms with Gasteiger partial charge in [-0.3, -0.25) is 33.1 Å². The molecule has 336 valence electrons. The number of H-pyrrole nitrogens is 1. The number of nitrogens with zero attached hydrogens (tertiary/aromatic N) is 10. The number of halogens is 2. The molecule has 3 atom stereocenters. The predicted molar refractivity (Wildman–Crippen MR) is 236 cm³/mol. The fraction of sp³-hybridized carbons (Fsp3) is 0.396. The zero-order chi connectivity index (χ0) is 44.7. The maximum absolute atomic E-state index is 16.4. The molecule has 2 aromatic carbocycles. The molecule has 5 aliphatic rings. The van der Waals surface area contributed by atoms with E-state index in [1.54, 1.807) is 40.2 Å². The van der Waals surface area contributed by atoms with Crippen molar-refractivity contribution in [1.82, 2.24) is 53.3 Å². The number of imidazole rings is 1. The van der Waals surface area contributed by atoms with E-state index in [-0.39, 0.29) is 35.3 Å². The molecule has 8 heterocycles. The van der Waals surface area contributed by atoms with Crippen molar-refractivity contribution < 1.29 is 22.8 Å². The average molecular weight is 894 g/mol. The number of amides is 1. The predicted octanol–water partition coefficient (Wildman–Crippen LogP) is 6.73. The van der Waals surface area contributed by atoms with E-state index in [0.717, 1.165) is 54.3 Å². The highest BCUT2D eigenvalue weighted by Gasteiger charge is 2.59. The van der Waals surface area contributed by atoms with Crippen LogP contribution in [0.2, 0.25) is 0 Å². The lowest BCUT2D eigenvalue weighted by Crippen LogP contribution is -2.41. The molecular weight excluding hydrogens is 849 g/mol. The minimum absolute atomic E-state index is 0.0148. The molecule has 16 nitrogen and oxygen atoms in total. The van der Waals surface area contributed by atoms with Crippen LogP contribution >= 0.6 is 0 Å². The lowest BCUT2D eigenvalue weighted by molar-refractivity contribution is 0.0663. The van der Waals surface area contributed by atoms with E-state index >= 15 is 13.6 Å². The molecule has 66 heavy (non-hydrogen) atoms. The Morgan fingerprint density at radius 3 is 2.47 bits per heavy atom. The van der Waals surface area contributed by atoms with Crippen molar-refractivity contribution in [3.05, 3.63) is 133 Å². The van der Waals surface area contributed by atoms with Crippen LogP contribution in [-0.2, 0) is 29.5 Å². The Kier molecular flexibility index (Phi) is 8.52. The SMILES string of the molecule is C[C@H]1c2c(nn(-c3ccc(F)c4c3CCC4)c2-n2ccn(-c3ccc4c(cnn4C4CC4)c3F)c2=O)CCN1C(=O)c1cc2cc(C3CCOCC3)ncc2n1[C@@]1(c2noc(=O)[nH]2)C[C@@H]1C. The molecule has 18 heteroatoms. The highest BCUT2D eigenvalue weighted by molar-refractivity contribution is 5.99. The van der Waals surface area contributed by atoms with Gasteiger partial charge in [0, 0.05) is 61.1 Å². The van der Waals surface area contributed by atoms with Crippen LogP contribution in [0, 0.1) is 17.6 Å². The minimum atomic E-state index is -0.880. The first-order valence-electron chi connectivity index (χ1n) is 23.0. The number of pyridine rings is 1. The van der Waals surface area contributed by atoms with Crippen molar-refractivity contribution in [2.45, 2.75) is 95.2 Å². The Bertz CT molecular complexity index is 3450. The van der Waals surface area contributed by atoms with Gasteiger partial charge in [0.25, 0.3) is 5.91 Å². The highest BCUT2D eigenvalue weighted by Crippen LogP contribution is 2.56. The number of aromatic nitrogens is 10. The number of carbonyl (C=O) groups is 1. The van der Waals surface area contributed by atoms with E-state index in [9.17, 15) is 9.59 Å². The first-order valence-corrected chi connectivity index (χ1v) is 23.0. The van der Waals surface area contributed by atoms with Crippen LogP contribution in [0.4, 0.5) is 8.78 Å². The molecule has 3 aliphatic carbocycles. The van der Waals surface area contributed by atoms with Gasteiger partial charge in [-0.1, -0.05) is 12.1 Å². The molecule has 1 amide bonds. The number of ether oxygens (including phenoxy) is 1. The van der Waals surface area contributed by atoms with E-state index in [0.29, 0.717) is 96.2 Å². The Hall–Kier alpha value is -6.95. The van der Waals surface area contributed by atoms with E-state index in [2.05, 4.69) is 28.2 Å². The fourth-order valence-electron chi connectivity index (χ4n) is 11.4. The van der Waals surface area contributed by atoms with Gasteiger partial charge in [0.15, 0.2) is 11.6 Å². The summed E-state index contributed by atoms with van der Waals surface area (Å²) in [5.41, 5.74) is 4.82. The smallest absolute Gasteiger partial charge is 0.381 e. The Morgan fingerprint density at radius 1 is 0.909 bits per heavy atom. The molecule has 13 rings (SSSR count). The van der Waals surface area contributed by atoms with Crippen molar-refractivity contribution in [3.63, 3.8) is 0 Å². The second-order valence-corrected chi connectivity index (χ2v) is 18.8. The number of hydrogen-bond donors (Lipinski definition) is 1. The first-order chi connectivity index (χ1) is 32.1. The van der Waals surface area contributed by atoms with E-state index in [1.807, 2.05) is 28.4 Å². The molecule has 1 saturated heterocycles. The van der Waals surface area contributed by atoms with Crippen LogP contribution in [-0.4, -0.2) is 79.0 Å². The molecule has 1 N–H and O–H groups in total. The molecule has 0 radical (unpaired) electrons. The van der Waals surface area contributed by atoms with Crippen LogP contribution in [0.15, 0.2) is 75.3 Å². The van der Waals surface area contributed by atoms with E-state index < -0.39 is 28.8 Å². The second kappa shape index (κ2) is 14.3. The molecular formula is C48H45F2N11O5. The summed E-state index contributed by atoms with van der Waals surface area (Å²) in [5, 5.41) is 15.0. The summed E-state index contributed by atoms with van der Waals surface area (Å²) in [6.07, 6.45) is 13.1. The van der Waals surface area contributed by atoms with Gasteiger partial charge in [0.2, 0.25) is 0 Å². The summed E-state index contributed by atoms with van der Waals surface area (Å²) in [5.74, 6) is -0.863. The molecule has 8 aromatic rings. The Labute approximate surface area is 374 Å². The monoisotopic (exact) mass is 893 g/mol. The van der Waals surface area contributed by atoms with Crippen molar-refractivity contribution in [1.29, 1.82) is 0 Å². The number of fused-ring (bicyclic) bond motifs is 4. The number of hydrogen-bond acceptors (Lipinski definition) is 9. The summed E-state index contributed by atoms with van der Waals surface area (Å²) in [4.78, 5) is 52.3. The van der Waals surface area contributed by atoms with Crippen molar-refractivity contribution in [3.8, 4) is 17.2 Å². The molecule has 2 saturated carbocycles. The highest BCUT2D eigenvalue weighted by atomic mass is 19.1. The lowest BCUT2D eigenvalue weighted by atomic mass is 9.95. The molecule has 0 bridgehead atoms. The second-order valence-electron chi connectivity index (χ2n) is 18.8. The first kappa shape index (κ1) is 39.4. The van der Waals surface area contributed by atoms with E-state index in [1.165, 1.54) is 21.4 Å².